The van der Waals surface area contributed by atoms with Crippen LogP contribution in [-0.2, 0) is 30.5 Å². The molecule has 2 aliphatic heterocycles. The Kier molecular flexibility index (Phi) is 11.2. The van der Waals surface area contributed by atoms with Gasteiger partial charge in [0.15, 0.2) is 0 Å². The molecule has 4 aromatic rings. The number of rotatable bonds is 14. The minimum atomic E-state index is -0.594. The van der Waals surface area contributed by atoms with E-state index in [9.17, 15) is 0 Å². The molecule has 3 aliphatic rings. The Morgan fingerprint density at radius 1 is 0.509 bits per heavy atom. The van der Waals surface area contributed by atoms with Gasteiger partial charge in [0.05, 0.1) is 27.8 Å². The van der Waals surface area contributed by atoms with Crippen molar-refractivity contribution in [1.82, 2.24) is 0 Å². The highest BCUT2D eigenvalue weighted by Crippen LogP contribution is 2.56. The molecule has 2 fully saturated rings. The summed E-state index contributed by atoms with van der Waals surface area (Å²) in [5, 5.41) is 0. The maximum atomic E-state index is 7.02. The van der Waals surface area contributed by atoms with Crippen molar-refractivity contribution in [3.63, 3.8) is 0 Å². The Balaban J connectivity index is 1.41. The van der Waals surface area contributed by atoms with Crippen molar-refractivity contribution in [2.75, 3.05) is 0 Å². The highest BCUT2D eigenvalue weighted by Gasteiger charge is 2.56. The summed E-state index contributed by atoms with van der Waals surface area (Å²) in [7, 11) is -0.923. The Hall–Kier alpha value is -3.15. The molecule has 4 nitrogen and oxygen atoms in total. The number of hydrogen-bond donors (Lipinski definition) is 0. The quantitative estimate of drug-likeness (QED) is 0.0840. The third-order valence-electron chi connectivity index (χ3n) is 13.7. The van der Waals surface area contributed by atoms with Crippen molar-refractivity contribution in [3.05, 3.63) is 118 Å². The summed E-state index contributed by atoms with van der Waals surface area (Å²) in [6, 6.07) is 32.4. The van der Waals surface area contributed by atoms with Crippen molar-refractivity contribution in [1.29, 1.82) is 0 Å². The minimum Gasteiger partial charge on any atom is -0.399 e. The molecular weight excluding hydrogens is 674 g/mol. The fourth-order valence-electron chi connectivity index (χ4n) is 9.19. The SMILES string of the molecule is CCCCCCc1cccc(C2(c3cccc(C)c3)c3cc(B4OC(C)(C)C(C)(C)O4)ccc3-c3ccc(B4OC(C)(C)C(C)(CCCCCC)O4)cc32)c1. The average Bonchev–Trinajstić information content (AvgIpc) is 3.67. The van der Waals surface area contributed by atoms with Crippen LogP contribution in [-0.4, -0.2) is 36.6 Å². The van der Waals surface area contributed by atoms with Crippen LogP contribution in [0.2, 0.25) is 0 Å². The van der Waals surface area contributed by atoms with E-state index in [4.69, 9.17) is 18.6 Å². The van der Waals surface area contributed by atoms with E-state index in [1.807, 2.05) is 0 Å². The standard InChI is InChI=1S/C49H64B2O4/c1-11-13-15-17-22-36-23-20-25-38(32-36)49(37-24-19-21-35(3)31-37)43-33-39(50-52-45(4,5)46(6,7)53-50)26-28-41(43)42-29-27-40(34-44(42)49)51-54-47(8,9)48(10,55-51)30-18-16-14-12-2/h19-21,23-29,31-34H,11-18,22,30H2,1-10H3. The second kappa shape index (κ2) is 15.3. The van der Waals surface area contributed by atoms with Crippen molar-refractivity contribution in [2.24, 2.45) is 0 Å². The highest BCUT2D eigenvalue weighted by molar-refractivity contribution is 6.62. The molecule has 2 unspecified atom stereocenters. The monoisotopic (exact) mass is 738 g/mol. The molecule has 0 N–H and O–H groups in total. The van der Waals surface area contributed by atoms with E-state index in [0.29, 0.717) is 0 Å². The van der Waals surface area contributed by atoms with Crippen molar-refractivity contribution in [3.8, 4) is 11.1 Å². The molecule has 1 aliphatic carbocycles. The molecule has 7 rings (SSSR count). The first-order chi connectivity index (χ1) is 26.2. The number of unbranched alkanes of at least 4 members (excludes halogenated alkanes) is 6. The number of hydrogen-bond acceptors (Lipinski definition) is 4. The van der Waals surface area contributed by atoms with E-state index >= 15 is 0 Å². The first-order valence-electron chi connectivity index (χ1n) is 21.3. The van der Waals surface area contributed by atoms with Crippen LogP contribution in [0.4, 0.5) is 0 Å². The molecule has 290 valence electrons. The van der Waals surface area contributed by atoms with E-state index < -0.39 is 36.5 Å². The lowest BCUT2D eigenvalue weighted by atomic mass is 9.64. The normalized spacial score (nSPS) is 23.3. The summed E-state index contributed by atoms with van der Waals surface area (Å²) in [5.41, 5.74) is 10.0. The molecule has 0 bridgehead atoms. The Morgan fingerprint density at radius 3 is 1.62 bits per heavy atom. The first-order valence-corrected chi connectivity index (χ1v) is 21.3. The largest absolute Gasteiger partial charge is 0.494 e. The molecule has 2 saturated heterocycles. The molecule has 0 aromatic heterocycles. The molecular formula is C49H64B2O4. The summed E-state index contributed by atoms with van der Waals surface area (Å²) in [6.45, 7) is 21.9. The zero-order chi connectivity index (χ0) is 39.2. The molecule has 2 heterocycles. The molecule has 55 heavy (non-hydrogen) atoms. The van der Waals surface area contributed by atoms with E-state index in [1.165, 1.54) is 89.5 Å². The van der Waals surface area contributed by atoms with Crippen LogP contribution in [0.25, 0.3) is 11.1 Å². The molecule has 0 saturated carbocycles. The van der Waals surface area contributed by atoms with E-state index in [2.05, 4.69) is 154 Å². The van der Waals surface area contributed by atoms with Gasteiger partial charge >= 0.3 is 14.2 Å². The molecule has 0 spiro atoms. The lowest BCUT2D eigenvalue weighted by molar-refractivity contribution is -0.0172. The van der Waals surface area contributed by atoms with Gasteiger partial charge in [-0.2, -0.15) is 0 Å². The molecule has 4 aromatic carbocycles. The maximum Gasteiger partial charge on any atom is 0.494 e. The van der Waals surface area contributed by atoms with Crippen LogP contribution < -0.4 is 10.9 Å². The lowest BCUT2D eigenvalue weighted by Crippen LogP contribution is -2.44. The van der Waals surface area contributed by atoms with Crippen LogP contribution in [0.1, 0.15) is 153 Å². The minimum absolute atomic E-state index is 0.384. The van der Waals surface area contributed by atoms with Gasteiger partial charge in [-0.25, -0.2) is 0 Å². The molecule has 2 atom stereocenters. The summed E-state index contributed by atoms with van der Waals surface area (Å²) in [6.07, 6.45) is 11.8. The van der Waals surface area contributed by atoms with Crippen LogP contribution in [0.3, 0.4) is 0 Å². The third-order valence-corrected chi connectivity index (χ3v) is 13.7. The zero-order valence-corrected chi connectivity index (χ0v) is 35.4. The Labute approximate surface area is 333 Å². The van der Waals surface area contributed by atoms with Crippen LogP contribution in [0.15, 0.2) is 84.9 Å². The fourth-order valence-corrected chi connectivity index (χ4v) is 9.19. The van der Waals surface area contributed by atoms with Crippen LogP contribution in [0, 0.1) is 6.92 Å². The summed E-state index contributed by atoms with van der Waals surface area (Å²) in [4.78, 5) is 0. The van der Waals surface area contributed by atoms with E-state index in [1.54, 1.807) is 0 Å². The van der Waals surface area contributed by atoms with Gasteiger partial charge in [0, 0.05) is 0 Å². The molecule has 0 amide bonds. The second-order valence-electron chi connectivity index (χ2n) is 18.4. The van der Waals surface area contributed by atoms with Gasteiger partial charge in [0.2, 0.25) is 0 Å². The van der Waals surface area contributed by atoms with E-state index in [0.717, 1.165) is 30.2 Å². The van der Waals surface area contributed by atoms with Crippen LogP contribution in [0.5, 0.6) is 0 Å². The zero-order valence-electron chi connectivity index (χ0n) is 35.4. The predicted octanol–water partition coefficient (Wildman–Crippen LogP) is 11.0. The van der Waals surface area contributed by atoms with Gasteiger partial charge < -0.3 is 18.6 Å². The maximum absolute atomic E-state index is 7.02. The summed E-state index contributed by atoms with van der Waals surface area (Å²) in [5.74, 6) is 0. The smallest absolute Gasteiger partial charge is 0.399 e. The second-order valence-corrected chi connectivity index (χ2v) is 18.4. The van der Waals surface area contributed by atoms with Gasteiger partial charge in [-0.05, 0) is 125 Å². The highest BCUT2D eigenvalue weighted by atomic mass is 16.7. The average molecular weight is 739 g/mol. The van der Waals surface area contributed by atoms with Gasteiger partial charge in [0.1, 0.15) is 0 Å². The number of aryl methyl sites for hydroxylation is 2. The lowest BCUT2D eigenvalue weighted by Gasteiger charge is -2.36. The van der Waals surface area contributed by atoms with E-state index in [-0.39, 0.29) is 5.60 Å². The molecule has 0 radical (unpaired) electrons. The number of fused-ring (bicyclic) bond motifs is 3. The van der Waals surface area contributed by atoms with Gasteiger partial charge in [-0.3, -0.25) is 0 Å². The first kappa shape index (κ1) is 40.1. The van der Waals surface area contributed by atoms with Gasteiger partial charge in [-0.15, -0.1) is 0 Å². The summed E-state index contributed by atoms with van der Waals surface area (Å²) >= 11 is 0. The third kappa shape index (κ3) is 7.20. The predicted molar refractivity (Wildman–Crippen MR) is 231 cm³/mol. The topological polar surface area (TPSA) is 36.9 Å². The fraction of sp³-hybridized carbons (Fsp3) is 0.510. The van der Waals surface area contributed by atoms with Gasteiger partial charge in [-0.1, -0.05) is 149 Å². The van der Waals surface area contributed by atoms with Crippen LogP contribution >= 0.6 is 0 Å². The molecule has 6 heteroatoms. The van der Waals surface area contributed by atoms with Crippen molar-refractivity contribution in [2.45, 2.75) is 161 Å². The van der Waals surface area contributed by atoms with Crippen molar-refractivity contribution < 1.29 is 18.6 Å². The summed E-state index contributed by atoms with van der Waals surface area (Å²) < 4.78 is 27.3. The Bertz CT molecular complexity index is 1980. The van der Waals surface area contributed by atoms with Crippen molar-refractivity contribution >= 4 is 25.2 Å². The van der Waals surface area contributed by atoms with Gasteiger partial charge in [0.25, 0.3) is 0 Å². The number of benzene rings is 4. The Morgan fingerprint density at radius 2 is 1.04 bits per heavy atom.